The Labute approximate surface area is 259 Å². The summed E-state index contributed by atoms with van der Waals surface area (Å²) in [7, 11) is 0. The minimum Gasteiger partial charge on any atom is -0.445 e. The van der Waals surface area contributed by atoms with E-state index in [4.69, 9.17) is 4.74 Å². The van der Waals surface area contributed by atoms with Gasteiger partial charge in [-0.1, -0.05) is 100 Å². The predicted octanol–water partition coefficient (Wildman–Crippen LogP) is 3.73. The molecule has 4 atom stereocenters. The minimum absolute atomic E-state index is 0.0667. The second kappa shape index (κ2) is 17.0. The van der Waals surface area contributed by atoms with Crippen molar-refractivity contribution in [3.63, 3.8) is 0 Å². The lowest BCUT2D eigenvalue weighted by molar-refractivity contribution is -0.131. The van der Waals surface area contributed by atoms with E-state index in [0.717, 1.165) is 16.7 Å². The summed E-state index contributed by atoms with van der Waals surface area (Å²) < 4.78 is 5.25. The van der Waals surface area contributed by atoms with Gasteiger partial charge in [-0.2, -0.15) is 0 Å². The van der Waals surface area contributed by atoms with Crippen LogP contribution in [0, 0.1) is 11.8 Å². The molecular formula is C34H44N4O6. The smallest absolute Gasteiger partial charge is 0.407 e. The Kier molecular flexibility index (Phi) is 13.2. The van der Waals surface area contributed by atoms with E-state index >= 15 is 0 Å². The Balaban J connectivity index is 1.54. The largest absolute Gasteiger partial charge is 0.445 e. The zero-order valence-corrected chi connectivity index (χ0v) is 25.7. The fourth-order valence-electron chi connectivity index (χ4n) is 4.59. The number of amides is 3. The molecule has 6 N–H and O–H groups in total. The molecule has 3 aromatic carbocycles. The summed E-state index contributed by atoms with van der Waals surface area (Å²) >= 11 is 0. The molecule has 0 fully saturated rings. The molecule has 236 valence electrons. The maximum absolute atomic E-state index is 12.9. The van der Waals surface area contributed by atoms with Gasteiger partial charge in [-0.25, -0.2) is 4.79 Å². The van der Waals surface area contributed by atoms with Crippen molar-refractivity contribution < 1.29 is 29.3 Å². The number of rotatable bonds is 15. The summed E-state index contributed by atoms with van der Waals surface area (Å²) in [6.07, 6.45) is -3.53. The van der Waals surface area contributed by atoms with E-state index in [1.54, 1.807) is 26.0 Å². The quantitative estimate of drug-likeness (QED) is 0.155. The van der Waals surface area contributed by atoms with Gasteiger partial charge in [-0.05, 0) is 40.7 Å². The van der Waals surface area contributed by atoms with E-state index < -0.39 is 42.2 Å². The zero-order chi connectivity index (χ0) is 32.1. The van der Waals surface area contributed by atoms with Gasteiger partial charge in [0.25, 0.3) is 11.8 Å². The molecule has 0 saturated carbocycles. The van der Waals surface area contributed by atoms with E-state index in [1.165, 1.54) is 0 Å². The number of aliphatic hydroxyl groups excluding tert-OH is 2. The van der Waals surface area contributed by atoms with Crippen molar-refractivity contribution in [3.05, 3.63) is 102 Å². The molecule has 0 aliphatic carbocycles. The van der Waals surface area contributed by atoms with Gasteiger partial charge in [-0.3, -0.25) is 9.59 Å². The first-order valence-electron chi connectivity index (χ1n) is 14.8. The first kappa shape index (κ1) is 34.1. The molecule has 2 unspecified atom stereocenters. The first-order valence-corrected chi connectivity index (χ1v) is 14.8. The number of carbonyl (C=O) groups is 3. The Morgan fingerprint density at radius 1 is 0.659 bits per heavy atom. The van der Waals surface area contributed by atoms with Gasteiger partial charge in [0, 0.05) is 18.8 Å². The molecule has 0 saturated heterocycles. The van der Waals surface area contributed by atoms with Crippen molar-refractivity contribution in [2.24, 2.45) is 11.8 Å². The number of nitrogens with one attached hydrogen (secondary N) is 4. The summed E-state index contributed by atoms with van der Waals surface area (Å²) in [6, 6.07) is 24.4. The minimum atomic E-state index is -1.50. The third-order valence-corrected chi connectivity index (χ3v) is 7.19. The Hall–Kier alpha value is -4.41. The molecule has 10 heteroatoms. The second-order valence-corrected chi connectivity index (χ2v) is 11.4. The van der Waals surface area contributed by atoms with Crippen LogP contribution in [0.3, 0.4) is 0 Å². The van der Waals surface area contributed by atoms with Crippen molar-refractivity contribution in [1.82, 2.24) is 16.0 Å². The summed E-state index contributed by atoms with van der Waals surface area (Å²) in [5, 5.41) is 33.0. The first-order chi connectivity index (χ1) is 21.0. The van der Waals surface area contributed by atoms with Crippen molar-refractivity contribution in [1.29, 1.82) is 0 Å². The molecule has 3 amide bonds. The Morgan fingerprint density at radius 3 is 1.73 bits per heavy atom. The fraction of sp³-hybridized carbons (Fsp3) is 0.382. The highest BCUT2D eigenvalue weighted by molar-refractivity contribution is 5.82. The SMILES string of the molecule is CC(C)[C@H](NC(=O)OCc1ccccc1)C(O)C(=O)NCc1cccc(N[C@@H](C(C)C)C(O)C(=O)NCc2ccccc2)c1. The van der Waals surface area contributed by atoms with E-state index in [9.17, 15) is 24.6 Å². The summed E-state index contributed by atoms with van der Waals surface area (Å²) in [5.41, 5.74) is 3.14. The lowest BCUT2D eigenvalue weighted by Crippen LogP contribution is -2.53. The molecule has 0 radical (unpaired) electrons. The van der Waals surface area contributed by atoms with Crippen LogP contribution in [0.2, 0.25) is 0 Å². The van der Waals surface area contributed by atoms with Gasteiger partial charge in [0.1, 0.15) is 6.61 Å². The zero-order valence-electron chi connectivity index (χ0n) is 25.7. The molecule has 3 rings (SSSR count). The monoisotopic (exact) mass is 604 g/mol. The Morgan fingerprint density at radius 2 is 1.16 bits per heavy atom. The number of carbonyl (C=O) groups excluding carboxylic acids is 3. The number of aliphatic hydroxyl groups is 2. The average molecular weight is 605 g/mol. The molecule has 0 spiro atoms. The highest BCUT2D eigenvalue weighted by Crippen LogP contribution is 2.18. The molecule has 0 heterocycles. The summed E-state index contributed by atoms with van der Waals surface area (Å²) in [6.45, 7) is 7.88. The summed E-state index contributed by atoms with van der Waals surface area (Å²) in [5.74, 6) is -1.45. The highest BCUT2D eigenvalue weighted by atomic mass is 16.5. The maximum atomic E-state index is 12.9. The number of benzene rings is 3. The number of hydrogen-bond acceptors (Lipinski definition) is 7. The Bertz CT molecular complexity index is 1340. The van der Waals surface area contributed by atoms with Crippen LogP contribution in [0.15, 0.2) is 84.9 Å². The van der Waals surface area contributed by atoms with Crippen LogP contribution in [-0.4, -0.2) is 52.4 Å². The van der Waals surface area contributed by atoms with E-state index in [2.05, 4.69) is 21.3 Å². The molecule has 10 nitrogen and oxygen atoms in total. The lowest BCUT2D eigenvalue weighted by Gasteiger charge is -2.28. The van der Waals surface area contributed by atoms with Crippen molar-refractivity contribution in [3.8, 4) is 0 Å². The highest BCUT2D eigenvalue weighted by Gasteiger charge is 2.31. The summed E-state index contributed by atoms with van der Waals surface area (Å²) in [4.78, 5) is 38.0. The fourth-order valence-corrected chi connectivity index (χ4v) is 4.59. The van der Waals surface area contributed by atoms with Crippen LogP contribution in [0.25, 0.3) is 0 Å². The number of alkyl carbamates (subject to hydrolysis) is 1. The maximum Gasteiger partial charge on any atom is 0.407 e. The lowest BCUT2D eigenvalue weighted by atomic mass is 9.97. The van der Waals surface area contributed by atoms with Crippen LogP contribution in [-0.2, 0) is 34.0 Å². The molecular weight excluding hydrogens is 560 g/mol. The van der Waals surface area contributed by atoms with Gasteiger partial charge in [0.15, 0.2) is 12.2 Å². The van der Waals surface area contributed by atoms with Crippen LogP contribution in [0.5, 0.6) is 0 Å². The van der Waals surface area contributed by atoms with Gasteiger partial charge < -0.3 is 36.2 Å². The van der Waals surface area contributed by atoms with Crippen LogP contribution < -0.4 is 21.3 Å². The molecule has 3 aromatic rings. The van der Waals surface area contributed by atoms with E-state index in [0.29, 0.717) is 12.2 Å². The number of ether oxygens (including phenoxy) is 1. The molecule has 0 aliphatic rings. The van der Waals surface area contributed by atoms with E-state index in [-0.39, 0.29) is 25.0 Å². The number of anilines is 1. The topological polar surface area (TPSA) is 149 Å². The third kappa shape index (κ3) is 10.7. The van der Waals surface area contributed by atoms with Crippen LogP contribution in [0.1, 0.15) is 44.4 Å². The van der Waals surface area contributed by atoms with Gasteiger partial charge in [0.05, 0.1) is 12.1 Å². The van der Waals surface area contributed by atoms with Crippen molar-refractivity contribution in [2.45, 2.75) is 71.7 Å². The predicted molar refractivity (Wildman–Crippen MR) is 169 cm³/mol. The van der Waals surface area contributed by atoms with Crippen LogP contribution >= 0.6 is 0 Å². The number of hydrogen-bond donors (Lipinski definition) is 6. The molecule has 0 aliphatic heterocycles. The molecule has 44 heavy (non-hydrogen) atoms. The van der Waals surface area contributed by atoms with Crippen molar-refractivity contribution in [2.75, 3.05) is 5.32 Å². The molecule has 0 bridgehead atoms. The van der Waals surface area contributed by atoms with Gasteiger partial charge in [-0.15, -0.1) is 0 Å². The molecule has 0 aromatic heterocycles. The van der Waals surface area contributed by atoms with Gasteiger partial charge >= 0.3 is 6.09 Å². The van der Waals surface area contributed by atoms with Crippen molar-refractivity contribution >= 4 is 23.6 Å². The van der Waals surface area contributed by atoms with Crippen LogP contribution in [0.4, 0.5) is 10.5 Å². The second-order valence-electron chi connectivity index (χ2n) is 11.4. The van der Waals surface area contributed by atoms with E-state index in [1.807, 2.05) is 86.6 Å². The third-order valence-electron chi connectivity index (χ3n) is 7.19. The standard InChI is InChI=1S/C34H44N4O6/c1-22(2)28(30(39)32(41)35-19-24-12-7-5-8-13-24)37-27-17-11-16-26(18-27)20-36-33(42)31(40)29(23(3)4)38-34(43)44-21-25-14-9-6-10-15-25/h5-18,22-23,28-31,37,39-40H,19-21H2,1-4H3,(H,35,41)(H,36,42)(H,38,43)/t28-,29-,30?,31?/m0/s1. The van der Waals surface area contributed by atoms with Gasteiger partial charge in [0.2, 0.25) is 0 Å². The normalized spacial score (nSPS) is 13.8. The average Bonchev–Trinajstić information content (AvgIpc) is 3.03.